The van der Waals surface area contributed by atoms with Crippen molar-refractivity contribution < 1.29 is 13.6 Å². The average Bonchev–Trinajstić information content (AvgIpc) is 2.82. The minimum absolute atomic E-state index is 0.238. The number of hydrogen-bond donors (Lipinski definition) is 2. The summed E-state index contributed by atoms with van der Waals surface area (Å²) in [7, 11) is 0. The van der Waals surface area contributed by atoms with E-state index < -0.39 is 17.5 Å². The number of nitrogens with one attached hydrogen (secondary N) is 2. The largest absolute Gasteiger partial charge is 0.304 e. The van der Waals surface area contributed by atoms with Crippen molar-refractivity contribution in [1.29, 1.82) is 0 Å². The third-order valence-corrected chi connectivity index (χ3v) is 2.88. The van der Waals surface area contributed by atoms with Gasteiger partial charge in [-0.05, 0) is 24.3 Å². The number of benzene rings is 2. The fraction of sp³-hybridized carbons (Fsp3) is 0. The first-order valence-corrected chi connectivity index (χ1v) is 5.84. The Hall–Kier alpha value is -2.76. The summed E-state index contributed by atoms with van der Waals surface area (Å²) in [5.74, 6) is -2.03. The molecule has 3 rings (SSSR count). The zero-order valence-electron chi connectivity index (χ0n) is 10.2. The second-order valence-corrected chi connectivity index (χ2v) is 4.20. The van der Waals surface area contributed by atoms with Crippen LogP contribution in [-0.2, 0) is 0 Å². The third-order valence-electron chi connectivity index (χ3n) is 2.88. The van der Waals surface area contributed by atoms with E-state index in [1.165, 1.54) is 0 Å². The van der Waals surface area contributed by atoms with E-state index in [9.17, 15) is 13.6 Å². The number of amides is 1. The van der Waals surface area contributed by atoms with E-state index in [1.807, 2.05) is 6.07 Å². The highest BCUT2D eigenvalue weighted by molar-refractivity contribution is 6.07. The fourth-order valence-electron chi connectivity index (χ4n) is 1.91. The molecule has 0 spiro atoms. The predicted molar refractivity (Wildman–Crippen MR) is 70.4 cm³/mol. The summed E-state index contributed by atoms with van der Waals surface area (Å²) < 4.78 is 26.3. The summed E-state index contributed by atoms with van der Waals surface area (Å²) in [5.41, 5.74) is 0.515. The minimum Gasteiger partial charge on any atom is -0.304 e. The third kappa shape index (κ3) is 2.11. The van der Waals surface area contributed by atoms with Crippen LogP contribution in [0.1, 0.15) is 10.4 Å². The molecule has 0 unspecified atom stereocenters. The summed E-state index contributed by atoms with van der Waals surface area (Å²) in [5, 5.41) is 9.91. The van der Waals surface area contributed by atoms with E-state index in [0.717, 1.165) is 17.6 Å². The maximum Gasteiger partial charge on any atom is 0.259 e. The molecule has 0 aliphatic heterocycles. The number of nitrogens with zero attached hydrogens (tertiary/aromatic N) is 1. The van der Waals surface area contributed by atoms with Crippen LogP contribution in [0.15, 0.2) is 42.5 Å². The van der Waals surface area contributed by atoms with E-state index >= 15 is 0 Å². The van der Waals surface area contributed by atoms with Crippen molar-refractivity contribution in [2.24, 2.45) is 0 Å². The molecule has 0 saturated carbocycles. The Labute approximate surface area is 112 Å². The molecule has 100 valence electrons. The highest BCUT2D eigenvalue weighted by Crippen LogP contribution is 2.20. The standard InChI is InChI=1S/C14H9F2N3O/c15-8-5-6-9(11(16)7-8)14(20)17-13-10-3-1-2-4-12(10)18-19-13/h1-7H,(H2,17,18,19,20). The normalized spacial score (nSPS) is 10.7. The lowest BCUT2D eigenvalue weighted by Gasteiger charge is -2.04. The summed E-state index contributed by atoms with van der Waals surface area (Å²) >= 11 is 0. The first-order valence-electron chi connectivity index (χ1n) is 5.84. The number of H-pyrrole nitrogens is 1. The molecule has 0 atom stereocenters. The molecule has 0 bridgehead atoms. The zero-order valence-corrected chi connectivity index (χ0v) is 10.2. The minimum atomic E-state index is -0.914. The Morgan fingerprint density at radius 2 is 1.95 bits per heavy atom. The first kappa shape index (κ1) is 12.3. The number of anilines is 1. The van der Waals surface area contributed by atoms with Crippen LogP contribution in [-0.4, -0.2) is 16.1 Å². The van der Waals surface area contributed by atoms with Gasteiger partial charge in [-0.25, -0.2) is 8.78 Å². The Bertz CT molecular complexity index is 798. The van der Waals surface area contributed by atoms with Crippen LogP contribution in [0.3, 0.4) is 0 Å². The van der Waals surface area contributed by atoms with E-state index in [1.54, 1.807) is 18.2 Å². The van der Waals surface area contributed by atoms with Gasteiger partial charge in [0.25, 0.3) is 5.91 Å². The van der Waals surface area contributed by atoms with Crippen LogP contribution in [0.5, 0.6) is 0 Å². The van der Waals surface area contributed by atoms with E-state index in [4.69, 9.17) is 0 Å². The van der Waals surface area contributed by atoms with Gasteiger partial charge >= 0.3 is 0 Å². The topological polar surface area (TPSA) is 57.8 Å². The van der Waals surface area contributed by atoms with Crippen LogP contribution >= 0.6 is 0 Å². The molecule has 0 aliphatic carbocycles. The molecule has 1 heterocycles. The van der Waals surface area contributed by atoms with Crippen molar-refractivity contribution in [3.8, 4) is 0 Å². The van der Waals surface area contributed by atoms with Gasteiger partial charge in [-0.3, -0.25) is 9.89 Å². The highest BCUT2D eigenvalue weighted by Gasteiger charge is 2.15. The van der Waals surface area contributed by atoms with E-state index in [0.29, 0.717) is 17.3 Å². The van der Waals surface area contributed by atoms with Crippen molar-refractivity contribution in [1.82, 2.24) is 10.2 Å². The molecule has 0 radical (unpaired) electrons. The Morgan fingerprint density at radius 1 is 1.15 bits per heavy atom. The van der Waals surface area contributed by atoms with Crippen LogP contribution in [0, 0.1) is 11.6 Å². The maximum absolute atomic E-state index is 13.5. The molecule has 1 amide bonds. The van der Waals surface area contributed by atoms with Gasteiger partial charge < -0.3 is 5.32 Å². The number of halogens is 2. The van der Waals surface area contributed by atoms with E-state index in [2.05, 4.69) is 15.5 Å². The van der Waals surface area contributed by atoms with Crippen LogP contribution in [0.4, 0.5) is 14.6 Å². The molecule has 2 N–H and O–H groups in total. The molecule has 0 fully saturated rings. The molecule has 6 heteroatoms. The molecule has 3 aromatic rings. The highest BCUT2D eigenvalue weighted by atomic mass is 19.1. The number of aromatic nitrogens is 2. The molecular weight excluding hydrogens is 264 g/mol. The lowest BCUT2D eigenvalue weighted by atomic mass is 10.2. The molecule has 4 nitrogen and oxygen atoms in total. The first-order chi connectivity index (χ1) is 9.65. The second kappa shape index (κ2) is 4.73. The van der Waals surface area contributed by atoms with Gasteiger partial charge in [0.1, 0.15) is 11.6 Å². The van der Waals surface area contributed by atoms with E-state index in [-0.39, 0.29) is 5.56 Å². The maximum atomic E-state index is 13.5. The van der Waals surface area contributed by atoms with Crippen LogP contribution in [0.2, 0.25) is 0 Å². The summed E-state index contributed by atoms with van der Waals surface area (Å²) in [6.07, 6.45) is 0. The molecule has 0 saturated heterocycles. The van der Waals surface area contributed by atoms with Gasteiger partial charge in [-0.1, -0.05) is 12.1 Å². The van der Waals surface area contributed by atoms with Crippen molar-refractivity contribution in [2.45, 2.75) is 0 Å². The van der Waals surface area contributed by atoms with Crippen LogP contribution in [0.25, 0.3) is 10.9 Å². The number of carbonyl (C=O) groups is 1. The molecule has 20 heavy (non-hydrogen) atoms. The van der Waals surface area contributed by atoms with Crippen molar-refractivity contribution >= 4 is 22.6 Å². The molecular formula is C14H9F2N3O. The number of carbonyl (C=O) groups excluding carboxylic acids is 1. The quantitative estimate of drug-likeness (QED) is 0.753. The summed E-state index contributed by atoms with van der Waals surface area (Å²) in [6, 6.07) is 9.98. The number of rotatable bonds is 2. The summed E-state index contributed by atoms with van der Waals surface area (Å²) in [6.45, 7) is 0. The van der Waals surface area contributed by atoms with Gasteiger partial charge in [0.15, 0.2) is 5.82 Å². The fourth-order valence-corrected chi connectivity index (χ4v) is 1.91. The lowest BCUT2D eigenvalue weighted by molar-refractivity contribution is 0.102. The Balaban J connectivity index is 1.92. The second-order valence-electron chi connectivity index (χ2n) is 4.20. The smallest absolute Gasteiger partial charge is 0.259 e. The van der Waals surface area contributed by atoms with Gasteiger partial charge in [0.05, 0.1) is 11.1 Å². The van der Waals surface area contributed by atoms with Crippen molar-refractivity contribution in [3.05, 3.63) is 59.7 Å². The SMILES string of the molecule is O=C(Nc1n[nH]c2ccccc12)c1ccc(F)cc1F. The molecule has 1 aromatic heterocycles. The predicted octanol–water partition coefficient (Wildman–Crippen LogP) is 3.09. The molecule has 2 aromatic carbocycles. The molecule has 0 aliphatic rings. The van der Waals surface area contributed by atoms with Gasteiger partial charge in [-0.2, -0.15) is 5.10 Å². The van der Waals surface area contributed by atoms with Crippen molar-refractivity contribution in [2.75, 3.05) is 5.32 Å². The number of aromatic amines is 1. The number of para-hydroxylation sites is 1. The van der Waals surface area contributed by atoms with Crippen LogP contribution < -0.4 is 5.32 Å². The van der Waals surface area contributed by atoms with Gasteiger partial charge in [-0.15, -0.1) is 0 Å². The number of fused-ring (bicyclic) bond motifs is 1. The number of hydrogen-bond acceptors (Lipinski definition) is 2. The zero-order chi connectivity index (χ0) is 14.1. The lowest BCUT2D eigenvalue weighted by Crippen LogP contribution is -2.14. The van der Waals surface area contributed by atoms with Crippen molar-refractivity contribution in [3.63, 3.8) is 0 Å². The van der Waals surface area contributed by atoms with Gasteiger partial charge in [0.2, 0.25) is 0 Å². The monoisotopic (exact) mass is 273 g/mol. The Morgan fingerprint density at radius 3 is 2.75 bits per heavy atom. The summed E-state index contributed by atoms with van der Waals surface area (Å²) in [4.78, 5) is 12.0. The van der Waals surface area contributed by atoms with Gasteiger partial charge in [0, 0.05) is 11.5 Å². The Kier molecular flexibility index (Phi) is 2.90. The average molecular weight is 273 g/mol.